The lowest BCUT2D eigenvalue weighted by Crippen LogP contribution is -2.47. The van der Waals surface area contributed by atoms with Gasteiger partial charge in [0, 0.05) is 57.1 Å². The molecule has 0 unspecified atom stereocenters. The number of carbonyl (C=O) groups is 1. The van der Waals surface area contributed by atoms with E-state index in [4.69, 9.17) is 9.72 Å². The van der Waals surface area contributed by atoms with Gasteiger partial charge in [-0.15, -0.1) is 0 Å². The molecule has 3 aromatic carbocycles. The number of piperazine rings is 1. The van der Waals surface area contributed by atoms with Gasteiger partial charge in [-0.25, -0.2) is 9.78 Å². The largest absolute Gasteiger partial charge is 0.492 e. The third-order valence-electron chi connectivity index (χ3n) is 8.36. The van der Waals surface area contributed by atoms with E-state index in [1.165, 1.54) is 11.3 Å². The van der Waals surface area contributed by atoms with Gasteiger partial charge in [0.2, 0.25) is 0 Å². The Morgan fingerprint density at radius 1 is 0.930 bits per heavy atom. The highest BCUT2D eigenvalue weighted by Gasteiger charge is 2.21. The molecule has 3 heterocycles. The van der Waals surface area contributed by atoms with Crippen molar-refractivity contribution >= 4 is 28.4 Å². The van der Waals surface area contributed by atoms with Crippen LogP contribution in [0.1, 0.15) is 32.8 Å². The topological polar surface area (TPSA) is 76.7 Å². The van der Waals surface area contributed by atoms with Crippen LogP contribution in [-0.4, -0.2) is 78.2 Å². The van der Waals surface area contributed by atoms with Crippen molar-refractivity contribution in [2.45, 2.75) is 32.6 Å². The Morgan fingerprint density at radius 3 is 2.40 bits per heavy atom. The first-order valence-corrected chi connectivity index (χ1v) is 15.3. The monoisotopic (exact) mass is 578 g/mol. The number of ether oxygens (including phenoxy) is 1. The molecule has 1 saturated heterocycles. The number of benzene rings is 3. The van der Waals surface area contributed by atoms with Crippen LogP contribution in [0.3, 0.4) is 0 Å². The number of H-pyrrole nitrogens is 1. The Morgan fingerprint density at radius 2 is 1.70 bits per heavy atom. The number of fused-ring (bicyclic) bond motifs is 1. The molecule has 2 aliphatic heterocycles. The molecule has 8 heteroatoms. The van der Waals surface area contributed by atoms with Gasteiger partial charge < -0.3 is 24.8 Å². The lowest BCUT2D eigenvalue weighted by molar-refractivity contribution is 0.200. The van der Waals surface area contributed by atoms with Crippen molar-refractivity contribution in [3.63, 3.8) is 0 Å². The Labute approximate surface area is 254 Å². The summed E-state index contributed by atoms with van der Waals surface area (Å²) in [5, 5.41) is 2.97. The average molecular weight is 579 g/mol. The van der Waals surface area contributed by atoms with Crippen molar-refractivity contribution in [1.29, 1.82) is 0 Å². The maximum absolute atomic E-state index is 12.4. The lowest BCUT2D eigenvalue weighted by Gasteiger charge is -2.36. The van der Waals surface area contributed by atoms with Crippen molar-refractivity contribution in [2.75, 3.05) is 62.6 Å². The van der Waals surface area contributed by atoms with Gasteiger partial charge in [0.1, 0.15) is 23.7 Å². The van der Waals surface area contributed by atoms with E-state index in [9.17, 15) is 4.79 Å². The van der Waals surface area contributed by atoms with Crippen molar-refractivity contribution in [3.05, 3.63) is 84.4 Å². The van der Waals surface area contributed by atoms with Gasteiger partial charge in [-0.1, -0.05) is 63.3 Å². The minimum Gasteiger partial charge on any atom is -0.492 e. The molecule has 0 aliphatic carbocycles. The van der Waals surface area contributed by atoms with Crippen molar-refractivity contribution < 1.29 is 9.53 Å². The smallest absolute Gasteiger partial charge is 0.322 e. The number of aromatic amines is 1. The van der Waals surface area contributed by atoms with E-state index in [1.54, 1.807) is 0 Å². The van der Waals surface area contributed by atoms with Gasteiger partial charge in [-0.3, -0.25) is 4.90 Å². The summed E-state index contributed by atoms with van der Waals surface area (Å²) in [7, 11) is 0. The quantitative estimate of drug-likeness (QED) is 0.244. The molecular weight excluding hydrogens is 536 g/mol. The molecule has 0 bridgehead atoms. The Bertz CT molecular complexity index is 1560. The second-order valence-corrected chi connectivity index (χ2v) is 12.4. The van der Waals surface area contributed by atoms with Crippen LogP contribution >= 0.6 is 0 Å². The van der Waals surface area contributed by atoms with Crippen LogP contribution in [0.4, 0.5) is 16.2 Å². The summed E-state index contributed by atoms with van der Waals surface area (Å²) in [5.74, 6) is 1.72. The summed E-state index contributed by atoms with van der Waals surface area (Å²) in [6.45, 7) is 13.5. The van der Waals surface area contributed by atoms with E-state index in [0.29, 0.717) is 13.2 Å². The van der Waals surface area contributed by atoms with Crippen LogP contribution in [0.2, 0.25) is 0 Å². The summed E-state index contributed by atoms with van der Waals surface area (Å²) in [4.78, 5) is 27.7. The molecule has 1 aromatic heterocycles. The Hall–Kier alpha value is -4.30. The fraction of sp³-hybridized carbons (Fsp3) is 0.371. The van der Waals surface area contributed by atoms with Crippen LogP contribution in [-0.2, 0) is 5.41 Å². The number of nitrogens with zero attached hydrogens (tertiary/aromatic N) is 4. The second kappa shape index (κ2) is 12.5. The standard InChI is InChI=1S/C35H42N6O2/c1-35(2,3)27-12-10-26(11-13-27)33-37-30-8-7-9-31(32(30)38-33)40-22-20-39(21-23-40)24-25-43-29-16-14-28(15-17-29)36-34(42)41-18-5-4-6-19-41/h4-5,7-17H,6,18-25H2,1-3H3,(H,36,42)(H,37,38). The first-order chi connectivity index (χ1) is 20.8. The predicted molar refractivity (Wildman–Crippen MR) is 175 cm³/mol. The fourth-order valence-electron chi connectivity index (χ4n) is 5.70. The number of rotatable bonds is 7. The normalized spacial score (nSPS) is 16.1. The van der Waals surface area contributed by atoms with E-state index in [0.717, 1.165) is 79.5 Å². The zero-order chi connectivity index (χ0) is 29.8. The average Bonchev–Trinajstić information content (AvgIpc) is 3.47. The third-order valence-corrected chi connectivity index (χ3v) is 8.36. The van der Waals surface area contributed by atoms with Gasteiger partial charge in [0.25, 0.3) is 0 Å². The highest BCUT2D eigenvalue weighted by molar-refractivity contribution is 5.91. The highest BCUT2D eigenvalue weighted by Crippen LogP contribution is 2.30. The number of hydrogen-bond donors (Lipinski definition) is 2. The first-order valence-electron chi connectivity index (χ1n) is 15.3. The second-order valence-electron chi connectivity index (χ2n) is 12.4. The molecule has 2 N–H and O–H groups in total. The number of aromatic nitrogens is 2. The molecule has 0 saturated carbocycles. The van der Waals surface area contributed by atoms with Crippen LogP contribution in [0.15, 0.2) is 78.9 Å². The molecular formula is C35H42N6O2. The molecule has 1 fully saturated rings. The van der Waals surface area contributed by atoms with E-state index in [1.807, 2.05) is 35.2 Å². The summed E-state index contributed by atoms with van der Waals surface area (Å²) in [6, 6.07) is 22.7. The first kappa shape index (κ1) is 28.8. The van der Waals surface area contributed by atoms with Crippen LogP contribution in [0.5, 0.6) is 5.75 Å². The molecule has 2 amide bonds. The van der Waals surface area contributed by atoms with Crippen LogP contribution < -0.4 is 15.0 Å². The van der Waals surface area contributed by atoms with E-state index in [-0.39, 0.29) is 11.4 Å². The zero-order valence-electron chi connectivity index (χ0n) is 25.5. The number of nitrogens with one attached hydrogen (secondary N) is 2. The highest BCUT2D eigenvalue weighted by atomic mass is 16.5. The molecule has 0 atom stereocenters. The molecule has 4 aromatic rings. The summed E-state index contributed by atoms with van der Waals surface area (Å²) in [6.07, 6.45) is 5.05. The van der Waals surface area contributed by atoms with Crippen molar-refractivity contribution in [2.24, 2.45) is 0 Å². The number of hydrogen-bond acceptors (Lipinski definition) is 5. The number of carbonyl (C=O) groups excluding carboxylic acids is 1. The maximum atomic E-state index is 12.4. The number of para-hydroxylation sites is 1. The predicted octanol–water partition coefficient (Wildman–Crippen LogP) is 6.52. The van der Waals surface area contributed by atoms with Gasteiger partial charge in [0.05, 0.1) is 11.2 Å². The minimum absolute atomic E-state index is 0.0629. The molecule has 8 nitrogen and oxygen atoms in total. The summed E-state index contributed by atoms with van der Waals surface area (Å²) < 4.78 is 6.02. The molecule has 224 valence electrons. The van der Waals surface area contributed by atoms with E-state index >= 15 is 0 Å². The van der Waals surface area contributed by atoms with Crippen LogP contribution in [0, 0.1) is 0 Å². The minimum atomic E-state index is -0.0629. The zero-order valence-corrected chi connectivity index (χ0v) is 25.5. The van der Waals surface area contributed by atoms with E-state index < -0.39 is 0 Å². The van der Waals surface area contributed by atoms with Crippen molar-refractivity contribution in [3.8, 4) is 17.1 Å². The Kier molecular flexibility index (Phi) is 8.38. The maximum Gasteiger partial charge on any atom is 0.322 e. The van der Waals surface area contributed by atoms with E-state index in [2.05, 4.69) is 89.4 Å². The molecule has 0 spiro atoms. The summed E-state index contributed by atoms with van der Waals surface area (Å²) in [5.41, 5.74) is 6.62. The fourth-order valence-corrected chi connectivity index (χ4v) is 5.70. The molecule has 0 radical (unpaired) electrons. The number of urea groups is 1. The molecule has 6 rings (SSSR count). The number of amides is 2. The number of imidazole rings is 1. The number of anilines is 2. The van der Waals surface area contributed by atoms with Gasteiger partial charge in [-0.05, 0) is 53.8 Å². The summed E-state index contributed by atoms with van der Waals surface area (Å²) >= 11 is 0. The molecule has 43 heavy (non-hydrogen) atoms. The van der Waals surface area contributed by atoms with Gasteiger partial charge in [0.15, 0.2) is 0 Å². The SMILES string of the molecule is CC(C)(C)c1ccc(-c2nc3c(N4CCN(CCOc5ccc(NC(=O)N6CC=CCC6)cc5)CC4)cccc3[nH]2)cc1. The molecule has 2 aliphatic rings. The van der Waals surface area contributed by atoms with Crippen LogP contribution in [0.25, 0.3) is 22.4 Å². The van der Waals surface area contributed by atoms with Crippen molar-refractivity contribution in [1.82, 2.24) is 19.8 Å². The van der Waals surface area contributed by atoms with Gasteiger partial charge >= 0.3 is 6.03 Å². The Balaban J connectivity index is 0.991. The lowest BCUT2D eigenvalue weighted by atomic mass is 9.87. The van der Waals surface area contributed by atoms with Gasteiger partial charge in [-0.2, -0.15) is 0 Å². The third kappa shape index (κ3) is 6.86.